The fourth-order valence-electron chi connectivity index (χ4n) is 2.46. The number of nitrogens with one attached hydrogen (secondary N) is 1. The monoisotopic (exact) mass is 325 g/mol. The van der Waals surface area contributed by atoms with E-state index in [0.717, 1.165) is 16.9 Å². The smallest absolute Gasteiger partial charge is 0.258 e. The van der Waals surface area contributed by atoms with E-state index in [1.165, 1.54) is 0 Å². The highest BCUT2D eigenvalue weighted by atomic mass is 16.5. The quantitative estimate of drug-likeness (QED) is 0.755. The number of amides is 1. The van der Waals surface area contributed by atoms with Gasteiger partial charge in [0.2, 0.25) is 0 Å². The molecular formula is C18H19N3O3. The van der Waals surface area contributed by atoms with Gasteiger partial charge in [-0.3, -0.25) is 4.79 Å². The Kier molecular flexibility index (Phi) is 4.65. The van der Waals surface area contributed by atoms with Crippen LogP contribution in [0, 0.1) is 0 Å². The summed E-state index contributed by atoms with van der Waals surface area (Å²) in [7, 11) is 3.50. The van der Waals surface area contributed by atoms with Crippen molar-refractivity contribution < 1.29 is 14.3 Å². The zero-order valence-corrected chi connectivity index (χ0v) is 13.7. The van der Waals surface area contributed by atoms with Crippen molar-refractivity contribution in [2.24, 2.45) is 7.05 Å². The Bertz CT molecular complexity index is 858. The zero-order chi connectivity index (χ0) is 16.9. The minimum Gasteiger partial charge on any atom is -0.493 e. The summed E-state index contributed by atoms with van der Waals surface area (Å²) in [6.45, 7) is 0.267. The lowest BCUT2D eigenvalue weighted by Crippen LogP contribution is -2.29. The number of hydrogen-bond acceptors (Lipinski definition) is 4. The zero-order valence-electron chi connectivity index (χ0n) is 13.7. The van der Waals surface area contributed by atoms with Gasteiger partial charge in [-0.05, 0) is 24.3 Å². The van der Waals surface area contributed by atoms with Gasteiger partial charge in [-0.15, -0.1) is 0 Å². The van der Waals surface area contributed by atoms with Gasteiger partial charge in [-0.2, -0.15) is 0 Å². The third-order valence-corrected chi connectivity index (χ3v) is 3.75. The molecule has 3 aromatic rings. The van der Waals surface area contributed by atoms with Crippen molar-refractivity contribution in [3.8, 4) is 11.5 Å². The lowest BCUT2D eigenvalue weighted by atomic mass is 10.3. The molecule has 0 atom stereocenters. The molecule has 1 heterocycles. The SMILES string of the molecule is COc1ccccc1OCC(=O)NCc1nc2ccccc2n1C. The second-order valence-corrected chi connectivity index (χ2v) is 5.29. The van der Waals surface area contributed by atoms with Crippen molar-refractivity contribution >= 4 is 16.9 Å². The van der Waals surface area contributed by atoms with Crippen molar-refractivity contribution in [3.05, 3.63) is 54.4 Å². The van der Waals surface area contributed by atoms with E-state index in [9.17, 15) is 4.79 Å². The van der Waals surface area contributed by atoms with Crippen molar-refractivity contribution in [3.63, 3.8) is 0 Å². The molecule has 24 heavy (non-hydrogen) atoms. The summed E-state index contributed by atoms with van der Waals surface area (Å²) in [6.07, 6.45) is 0. The highest BCUT2D eigenvalue weighted by Crippen LogP contribution is 2.25. The number of aryl methyl sites for hydroxylation is 1. The lowest BCUT2D eigenvalue weighted by Gasteiger charge is -2.10. The number of para-hydroxylation sites is 4. The normalized spacial score (nSPS) is 10.6. The molecule has 1 amide bonds. The first-order valence-electron chi connectivity index (χ1n) is 7.62. The molecule has 124 valence electrons. The van der Waals surface area contributed by atoms with Crippen molar-refractivity contribution in [2.75, 3.05) is 13.7 Å². The largest absolute Gasteiger partial charge is 0.493 e. The van der Waals surface area contributed by atoms with E-state index in [2.05, 4.69) is 10.3 Å². The number of rotatable bonds is 6. The Morgan fingerprint density at radius 3 is 2.58 bits per heavy atom. The molecule has 0 saturated carbocycles. The summed E-state index contributed by atoms with van der Waals surface area (Å²) in [4.78, 5) is 16.5. The molecule has 0 bridgehead atoms. The fourth-order valence-corrected chi connectivity index (χ4v) is 2.46. The second kappa shape index (κ2) is 7.04. The van der Waals surface area contributed by atoms with Gasteiger partial charge in [0.05, 0.1) is 24.7 Å². The average molecular weight is 325 g/mol. The van der Waals surface area contributed by atoms with E-state index in [4.69, 9.17) is 9.47 Å². The van der Waals surface area contributed by atoms with Crippen LogP contribution in [0.1, 0.15) is 5.82 Å². The van der Waals surface area contributed by atoms with Crippen LogP contribution in [0.15, 0.2) is 48.5 Å². The maximum Gasteiger partial charge on any atom is 0.258 e. The Morgan fingerprint density at radius 2 is 1.83 bits per heavy atom. The maximum atomic E-state index is 12.0. The van der Waals surface area contributed by atoms with Crippen LogP contribution in [-0.4, -0.2) is 29.2 Å². The molecule has 6 heteroatoms. The Balaban J connectivity index is 1.58. The van der Waals surface area contributed by atoms with Gasteiger partial charge < -0.3 is 19.4 Å². The van der Waals surface area contributed by atoms with E-state index in [0.29, 0.717) is 18.0 Å². The number of nitrogens with zero attached hydrogens (tertiary/aromatic N) is 2. The Morgan fingerprint density at radius 1 is 1.12 bits per heavy atom. The minimum absolute atomic E-state index is 0.0791. The van der Waals surface area contributed by atoms with Gasteiger partial charge >= 0.3 is 0 Å². The Hall–Kier alpha value is -3.02. The predicted octanol–water partition coefficient (Wildman–Crippen LogP) is 2.28. The first kappa shape index (κ1) is 15.9. The van der Waals surface area contributed by atoms with Gasteiger partial charge in [0, 0.05) is 7.05 Å². The summed E-state index contributed by atoms with van der Waals surface area (Å²) >= 11 is 0. The van der Waals surface area contributed by atoms with Crippen LogP contribution in [-0.2, 0) is 18.4 Å². The molecule has 6 nitrogen and oxygen atoms in total. The van der Waals surface area contributed by atoms with Gasteiger partial charge in [0.1, 0.15) is 5.82 Å². The van der Waals surface area contributed by atoms with Crippen molar-refractivity contribution in [2.45, 2.75) is 6.54 Å². The van der Waals surface area contributed by atoms with Crippen LogP contribution < -0.4 is 14.8 Å². The van der Waals surface area contributed by atoms with E-state index in [-0.39, 0.29) is 12.5 Å². The van der Waals surface area contributed by atoms with E-state index in [1.54, 1.807) is 19.2 Å². The minimum atomic E-state index is -0.215. The molecule has 0 radical (unpaired) electrons. The molecule has 1 aromatic heterocycles. The maximum absolute atomic E-state index is 12.0. The van der Waals surface area contributed by atoms with E-state index in [1.807, 2.05) is 48.0 Å². The molecule has 0 aliphatic carbocycles. The lowest BCUT2D eigenvalue weighted by molar-refractivity contribution is -0.123. The van der Waals surface area contributed by atoms with Crippen LogP contribution in [0.5, 0.6) is 11.5 Å². The third-order valence-electron chi connectivity index (χ3n) is 3.75. The first-order chi connectivity index (χ1) is 11.7. The summed E-state index contributed by atoms with van der Waals surface area (Å²) in [5.41, 5.74) is 1.95. The highest BCUT2D eigenvalue weighted by Gasteiger charge is 2.10. The summed E-state index contributed by atoms with van der Waals surface area (Å²) in [5, 5.41) is 2.82. The first-order valence-corrected chi connectivity index (χ1v) is 7.62. The number of fused-ring (bicyclic) bond motifs is 1. The second-order valence-electron chi connectivity index (χ2n) is 5.29. The average Bonchev–Trinajstić information content (AvgIpc) is 2.94. The highest BCUT2D eigenvalue weighted by molar-refractivity contribution is 5.78. The standard InChI is InChI=1S/C18H19N3O3/c1-21-14-8-4-3-7-13(14)20-17(21)11-19-18(22)12-24-16-10-6-5-9-15(16)23-2/h3-10H,11-12H2,1-2H3,(H,19,22). The number of aromatic nitrogens is 2. The van der Waals surface area contributed by atoms with Gasteiger partial charge in [0.15, 0.2) is 18.1 Å². The van der Waals surface area contributed by atoms with Crippen LogP contribution >= 0.6 is 0 Å². The van der Waals surface area contributed by atoms with Gasteiger partial charge in [-0.25, -0.2) is 4.98 Å². The number of imidazole rings is 1. The molecule has 0 aliphatic rings. The molecule has 3 rings (SSSR count). The molecule has 0 unspecified atom stereocenters. The molecule has 0 aliphatic heterocycles. The number of hydrogen-bond donors (Lipinski definition) is 1. The number of methoxy groups -OCH3 is 1. The molecule has 2 aromatic carbocycles. The van der Waals surface area contributed by atoms with Gasteiger partial charge in [-0.1, -0.05) is 24.3 Å². The number of benzene rings is 2. The van der Waals surface area contributed by atoms with E-state index >= 15 is 0 Å². The van der Waals surface area contributed by atoms with Crippen molar-refractivity contribution in [1.82, 2.24) is 14.9 Å². The predicted molar refractivity (Wildman–Crippen MR) is 91.0 cm³/mol. The van der Waals surface area contributed by atoms with Crippen LogP contribution in [0.4, 0.5) is 0 Å². The summed E-state index contributed by atoms with van der Waals surface area (Å²) in [6, 6.07) is 15.1. The fraction of sp³-hybridized carbons (Fsp3) is 0.222. The topological polar surface area (TPSA) is 65.4 Å². The van der Waals surface area contributed by atoms with Crippen LogP contribution in [0.2, 0.25) is 0 Å². The molecular weight excluding hydrogens is 306 g/mol. The van der Waals surface area contributed by atoms with Crippen LogP contribution in [0.25, 0.3) is 11.0 Å². The summed E-state index contributed by atoms with van der Waals surface area (Å²) < 4.78 is 12.7. The molecule has 1 N–H and O–H groups in total. The van der Waals surface area contributed by atoms with Gasteiger partial charge in [0.25, 0.3) is 5.91 Å². The van der Waals surface area contributed by atoms with E-state index < -0.39 is 0 Å². The van der Waals surface area contributed by atoms with Crippen molar-refractivity contribution in [1.29, 1.82) is 0 Å². The number of carbonyl (C=O) groups is 1. The van der Waals surface area contributed by atoms with Crippen LogP contribution in [0.3, 0.4) is 0 Å². The number of ether oxygens (including phenoxy) is 2. The summed E-state index contributed by atoms with van der Waals surface area (Å²) in [5.74, 6) is 1.72. The number of carbonyl (C=O) groups excluding carboxylic acids is 1. The third kappa shape index (κ3) is 3.32. The molecule has 0 spiro atoms. The molecule has 0 saturated heterocycles. The molecule has 0 fully saturated rings. The Labute approximate surface area is 140 Å².